The van der Waals surface area contributed by atoms with Gasteiger partial charge in [-0.15, -0.1) is 0 Å². The highest BCUT2D eigenvalue weighted by atomic mass is 16.6. The molecule has 36 heavy (non-hydrogen) atoms. The molecule has 0 bridgehead atoms. The van der Waals surface area contributed by atoms with Crippen molar-refractivity contribution in [3.05, 3.63) is 71.8 Å². The molecule has 0 aromatic heterocycles. The van der Waals surface area contributed by atoms with Crippen LogP contribution in [-0.2, 0) is 23.9 Å². The minimum Gasteiger partial charge on any atom is -0.387 e. The van der Waals surface area contributed by atoms with Gasteiger partial charge in [0.05, 0.1) is 11.1 Å². The molecule has 3 atom stereocenters. The molecule has 2 unspecified atom stereocenters. The van der Waals surface area contributed by atoms with Gasteiger partial charge in [0, 0.05) is 19.5 Å². The number of hydrogen-bond donors (Lipinski definition) is 4. The number of aliphatic hydroxyl groups excluding tert-OH is 2. The largest absolute Gasteiger partial charge is 0.387 e. The fourth-order valence-corrected chi connectivity index (χ4v) is 3.09. The van der Waals surface area contributed by atoms with Crippen LogP contribution in [0.5, 0.6) is 0 Å². The van der Waals surface area contributed by atoms with Crippen LogP contribution in [0.4, 0.5) is 0 Å². The van der Waals surface area contributed by atoms with Crippen LogP contribution in [0.2, 0.25) is 0 Å². The van der Waals surface area contributed by atoms with Crippen molar-refractivity contribution < 1.29 is 43.7 Å². The number of carbonyl (C=O) groups excluding carboxylic acids is 5. The number of esters is 4. The molecular weight excluding hydrogens is 472 g/mol. The SMILES string of the molecule is CC(=O)N[C@@H]1CCCNC1.O=C(OC(=O)C(O)C(O)C(=O)OC(=O)c1ccccc1)c1ccccc1. The van der Waals surface area contributed by atoms with E-state index in [0.717, 1.165) is 19.5 Å². The van der Waals surface area contributed by atoms with Gasteiger partial charge in [0.25, 0.3) is 0 Å². The van der Waals surface area contributed by atoms with Crippen molar-refractivity contribution in [1.82, 2.24) is 10.6 Å². The summed E-state index contributed by atoms with van der Waals surface area (Å²) in [5.41, 5.74) is 0.0637. The third-order valence-electron chi connectivity index (χ3n) is 4.89. The van der Waals surface area contributed by atoms with Crippen molar-refractivity contribution >= 4 is 29.8 Å². The van der Waals surface area contributed by atoms with Crippen molar-refractivity contribution in [3.63, 3.8) is 0 Å². The van der Waals surface area contributed by atoms with Crippen LogP contribution in [-0.4, -0.2) is 71.3 Å². The Morgan fingerprint density at radius 3 is 1.64 bits per heavy atom. The van der Waals surface area contributed by atoms with E-state index in [-0.39, 0.29) is 17.0 Å². The molecule has 3 rings (SSSR count). The van der Waals surface area contributed by atoms with Gasteiger partial charge in [-0.25, -0.2) is 19.2 Å². The Labute approximate surface area is 207 Å². The maximum absolute atomic E-state index is 11.7. The summed E-state index contributed by atoms with van der Waals surface area (Å²) in [6.45, 7) is 3.59. The average molecular weight is 501 g/mol. The first kappa shape index (κ1) is 28.3. The molecule has 1 aliphatic heterocycles. The van der Waals surface area contributed by atoms with E-state index in [0.29, 0.717) is 6.04 Å². The fraction of sp³-hybridized carbons (Fsp3) is 0.320. The molecule has 1 aliphatic rings. The van der Waals surface area contributed by atoms with Gasteiger partial charge in [-0.3, -0.25) is 4.79 Å². The van der Waals surface area contributed by atoms with Crippen molar-refractivity contribution in [2.45, 2.75) is 38.0 Å². The Bertz CT molecular complexity index is 969. The first-order valence-electron chi connectivity index (χ1n) is 11.1. The van der Waals surface area contributed by atoms with E-state index in [9.17, 15) is 34.2 Å². The molecule has 11 heteroatoms. The number of carbonyl (C=O) groups is 5. The number of hydrogen-bond acceptors (Lipinski definition) is 10. The summed E-state index contributed by atoms with van der Waals surface area (Å²) >= 11 is 0. The van der Waals surface area contributed by atoms with E-state index in [1.807, 2.05) is 0 Å². The van der Waals surface area contributed by atoms with Gasteiger partial charge in [0.1, 0.15) is 0 Å². The lowest BCUT2D eigenvalue weighted by atomic mass is 10.1. The smallest absolute Gasteiger partial charge is 0.346 e. The van der Waals surface area contributed by atoms with Crippen LogP contribution in [0.15, 0.2) is 60.7 Å². The topological polar surface area (TPSA) is 168 Å². The predicted octanol–water partition coefficient (Wildman–Crippen LogP) is 0.350. The number of ether oxygens (including phenoxy) is 2. The quantitative estimate of drug-likeness (QED) is 0.321. The molecule has 1 amide bonds. The minimum atomic E-state index is -2.40. The summed E-state index contributed by atoms with van der Waals surface area (Å²) < 4.78 is 8.76. The summed E-state index contributed by atoms with van der Waals surface area (Å²) in [4.78, 5) is 57.4. The summed E-state index contributed by atoms with van der Waals surface area (Å²) in [5.74, 6) is -5.19. The summed E-state index contributed by atoms with van der Waals surface area (Å²) in [7, 11) is 0. The van der Waals surface area contributed by atoms with E-state index in [1.54, 1.807) is 19.1 Å². The van der Waals surface area contributed by atoms with Crippen LogP contribution < -0.4 is 10.6 Å². The van der Waals surface area contributed by atoms with Gasteiger partial charge in [-0.2, -0.15) is 0 Å². The lowest BCUT2D eigenvalue weighted by molar-refractivity contribution is -0.166. The molecule has 0 saturated carbocycles. The molecule has 192 valence electrons. The maximum Gasteiger partial charge on any atom is 0.346 e. The highest BCUT2D eigenvalue weighted by molar-refractivity contribution is 6.01. The predicted molar refractivity (Wildman–Crippen MR) is 125 cm³/mol. The van der Waals surface area contributed by atoms with Crippen molar-refractivity contribution in [2.75, 3.05) is 13.1 Å². The molecule has 1 fully saturated rings. The summed E-state index contributed by atoms with van der Waals surface area (Å²) in [6, 6.07) is 15.2. The molecule has 1 saturated heterocycles. The van der Waals surface area contributed by atoms with Gasteiger partial charge >= 0.3 is 23.9 Å². The summed E-state index contributed by atoms with van der Waals surface area (Å²) in [6.07, 6.45) is -2.52. The van der Waals surface area contributed by atoms with Crippen molar-refractivity contribution in [2.24, 2.45) is 0 Å². The zero-order chi connectivity index (χ0) is 26.5. The van der Waals surface area contributed by atoms with E-state index < -0.39 is 36.1 Å². The number of piperidine rings is 1. The molecule has 0 radical (unpaired) electrons. The van der Waals surface area contributed by atoms with Gasteiger partial charge in [-0.1, -0.05) is 36.4 Å². The Kier molecular flexibility index (Phi) is 11.4. The third-order valence-corrected chi connectivity index (χ3v) is 4.89. The van der Waals surface area contributed by atoms with Crippen molar-refractivity contribution in [1.29, 1.82) is 0 Å². The van der Waals surface area contributed by atoms with Crippen molar-refractivity contribution in [3.8, 4) is 0 Å². The van der Waals surface area contributed by atoms with E-state index in [4.69, 9.17) is 0 Å². The Hall–Kier alpha value is -3.93. The van der Waals surface area contributed by atoms with Gasteiger partial charge in [0.15, 0.2) is 12.2 Å². The zero-order valence-corrected chi connectivity index (χ0v) is 19.6. The number of nitrogens with one attached hydrogen (secondary N) is 2. The lowest BCUT2D eigenvalue weighted by Gasteiger charge is -2.22. The third kappa shape index (κ3) is 9.37. The van der Waals surface area contributed by atoms with E-state index >= 15 is 0 Å². The normalized spacial score (nSPS) is 16.2. The number of rotatable bonds is 6. The molecule has 2 aromatic rings. The Morgan fingerprint density at radius 1 is 0.833 bits per heavy atom. The average Bonchev–Trinajstić information content (AvgIpc) is 2.89. The lowest BCUT2D eigenvalue weighted by Crippen LogP contribution is -2.44. The molecule has 0 aliphatic carbocycles. The Morgan fingerprint density at radius 2 is 1.28 bits per heavy atom. The monoisotopic (exact) mass is 500 g/mol. The second-order valence-electron chi connectivity index (χ2n) is 7.78. The van der Waals surface area contributed by atoms with Crippen LogP contribution in [0.3, 0.4) is 0 Å². The standard InChI is InChI=1S/C18H14O8.C7H14N2O/c19-13(17(23)25-15(21)11-7-3-1-4-8-11)14(20)18(24)26-16(22)12-9-5-2-6-10-12;1-6(10)9-7-3-2-4-8-5-7/h1-10,13-14,19-20H;7-8H,2-5H2,1H3,(H,9,10)/t;7-/m.1/s1. The molecular formula is C25H28N2O9. The Balaban J connectivity index is 0.000000380. The highest BCUT2D eigenvalue weighted by Crippen LogP contribution is 2.07. The molecule has 0 spiro atoms. The number of amides is 1. The van der Waals surface area contributed by atoms with Crippen LogP contribution in [0.1, 0.15) is 40.5 Å². The van der Waals surface area contributed by atoms with E-state index in [2.05, 4.69) is 20.1 Å². The molecule has 4 N–H and O–H groups in total. The number of benzene rings is 2. The zero-order valence-electron chi connectivity index (χ0n) is 19.6. The second kappa shape index (κ2) is 14.5. The molecule has 1 heterocycles. The highest BCUT2D eigenvalue weighted by Gasteiger charge is 2.35. The molecule has 11 nitrogen and oxygen atoms in total. The minimum absolute atomic E-state index is 0.0318. The number of aliphatic hydroxyl groups is 2. The second-order valence-corrected chi connectivity index (χ2v) is 7.78. The van der Waals surface area contributed by atoms with E-state index in [1.165, 1.54) is 55.0 Å². The maximum atomic E-state index is 11.7. The van der Waals surface area contributed by atoms with Crippen LogP contribution in [0.25, 0.3) is 0 Å². The van der Waals surface area contributed by atoms with Crippen LogP contribution in [0, 0.1) is 0 Å². The van der Waals surface area contributed by atoms with Gasteiger partial charge < -0.3 is 30.3 Å². The molecule has 2 aromatic carbocycles. The fourth-order valence-electron chi connectivity index (χ4n) is 3.09. The summed E-state index contributed by atoms with van der Waals surface area (Å²) in [5, 5.41) is 25.4. The van der Waals surface area contributed by atoms with Gasteiger partial charge in [0.2, 0.25) is 5.91 Å². The van der Waals surface area contributed by atoms with Crippen LogP contribution >= 0.6 is 0 Å². The van der Waals surface area contributed by atoms with Gasteiger partial charge in [-0.05, 0) is 43.7 Å². The first-order chi connectivity index (χ1) is 17.2. The first-order valence-corrected chi connectivity index (χ1v) is 11.1.